The van der Waals surface area contributed by atoms with E-state index in [1.807, 2.05) is 24.3 Å². The molecule has 0 fully saturated rings. The quantitative estimate of drug-likeness (QED) is 0.773. The zero-order valence-corrected chi connectivity index (χ0v) is 17.2. The summed E-state index contributed by atoms with van der Waals surface area (Å²) >= 11 is 0. The van der Waals surface area contributed by atoms with E-state index < -0.39 is 24.0 Å². The molecule has 1 heterocycles. The van der Waals surface area contributed by atoms with E-state index in [4.69, 9.17) is 9.72 Å². The second kappa shape index (κ2) is 8.59. The van der Waals surface area contributed by atoms with Crippen molar-refractivity contribution in [3.63, 3.8) is 0 Å². The number of aryl methyl sites for hydroxylation is 1. The smallest absolute Gasteiger partial charge is 0.339 e. The number of carbonyl (C=O) groups is 3. The Morgan fingerprint density at radius 1 is 1.17 bits per heavy atom. The number of ether oxygens (including phenoxy) is 1. The third-order valence-electron chi connectivity index (χ3n) is 5.02. The highest BCUT2D eigenvalue weighted by atomic mass is 16.5. The molecule has 0 spiro atoms. The molecule has 1 aromatic heterocycles. The molecule has 3 rings (SSSR count). The number of amides is 3. The van der Waals surface area contributed by atoms with Gasteiger partial charge in [0.25, 0.3) is 5.91 Å². The largest absolute Gasteiger partial charge is 0.449 e. The number of nitrogens with zero attached hydrogens (tertiary/aromatic N) is 1. The zero-order valence-electron chi connectivity index (χ0n) is 17.2. The number of para-hydroxylation sites is 1. The molecule has 154 valence electrons. The average Bonchev–Trinajstić information content (AvgIpc) is 2.65. The predicted molar refractivity (Wildman–Crippen MR) is 110 cm³/mol. The molecule has 2 atom stereocenters. The van der Waals surface area contributed by atoms with Crippen LogP contribution in [-0.4, -0.2) is 35.0 Å². The lowest BCUT2D eigenvalue weighted by molar-refractivity contribution is -0.127. The summed E-state index contributed by atoms with van der Waals surface area (Å²) in [7, 11) is 0. The molecule has 1 aliphatic rings. The summed E-state index contributed by atoms with van der Waals surface area (Å²) < 4.78 is 5.45. The molecule has 1 aromatic carbocycles. The van der Waals surface area contributed by atoms with Gasteiger partial charge < -0.3 is 10.1 Å². The molecule has 29 heavy (non-hydrogen) atoms. The van der Waals surface area contributed by atoms with Gasteiger partial charge in [0.05, 0.1) is 11.1 Å². The number of rotatable bonds is 4. The summed E-state index contributed by atoms with van der Waals surface area (Å²) in [5, 5.41) is 5.48. The highest BCUT2D eigenvalue weighted by Gasteiger charge is 2.28. The second-order valence-corrected chi connectivity index (χ2v) is 7.94. The Bertz CT molecular complexity index is 954. The minimum absolute atomic E-state index is 0.114. The van der Waals surface area contributed by atoms with E-state index in [0.29, 0.717) is 11.5 Å². The summed E-state index contributed by atoms with van der Waals surface area (Å²) in [5.41, 5.74) is 3.03. The van der Waals surface area contributed by atoms with Gasteiger partial charge in [0, 0.05) is 17.1 Å². The van der Waals surface area contributed by atoms with Gasteiger partial charge in [-0.05, 0) is 57.6 Å². The fraction of sp³-hybridized carbons (Fsp3) is 0.455. The Hall–Kier alpha value is -2.96. The van der Waals surface area contributed by atoms with E-state index >= 15 is 0 Å². The lowest BCUT2D eigenvalue weighted by Gasteiger charge is -2.24. The van der Waals surface area contributed by atoms with Gasteiger partial charge in [0.1, 0.15) is 0 Å². The first kappa shape index (κ1) is 20.8. The molecule has 1 aliphatic carbocycles. The average molecular weight is 397 g/mol. The highest BCUT2D eigenvalue weighted by molar-refractivity contribution is 6.06. The monoisotopic (exact) mass is 397 g/mol. The second-order valence-electron chi connectivity index (χ2n) is 7.94. The number of nitrogens with one attached hydrogen (secondary N) is 2. The lowest BCUT2D eigenvalue weighted by atomic mass is 9.84. The summed E-state index contributed by atoms with van der Waals surface area (Å²) in [6.07, 6.45) is 1.47. The molecule has 0 saturated carbocycles. The Balaban J connectivity index is 1.86. The fourth-order valence-corrected chi connectivity index (χ4v) is 3.58. The first-order chi connectivity index (χ1) is 13.8. The number of hydrogen-bond donors (Lipinski definition) is 2. The number of fused-ring (bicyclic) bond motifs is 2. The van der Waals surface area contributed by atoms with Gasteiger partial charge in [0.2, 0.25) is 0 Å². The Morgan fingerprint density at radius 3 is 2.62 bits per heavy atom. The zero-order chi connectivity index (χ0) is 21.1. The summed E-state index contributed by atoms with van der Waals surface area (Å²) in [6.45, 7) is 7.17. The van der Waals surface area contributed by atoms with Crippen molar-refractivity contribution < 1.29 is 19.1 Å². The number of urea groups is 1. The van der Waals surface area contributed by atoms with Crippen molar-refractivity contribution in [2.45, 2.75) is 59.1 Å². The molecule has 0 bridgehead atoms. The van der Waals surface area contributed by atoms with Gasteiger partial charge in [-0.2, -0.15) is 0 Å². The maximum atomic E-state index is 13.1. The normalized spacial score (nSPS) is 16.8. The Labute approximate surface area is 170 Å². The van der Waals surface area contributed by atoms with E-state index in [-0.39, 0.29) is 6.04 Å². The number of benzene rings is 1. The molecular formula is C22H27N3O4. The molecule has 2 N–H and O–H groups in total. The van der Waals surface area contributed by atoms with Gasteiger partial charge in [-0.1, -0.05) is 25.1 Å². The number of aromatic nitrogens is 1. The molecule has 0 radical (unpaired) electrons. The molecule has 3 amide bonds. The molecule has 2 aromatic rings. The van der Waals surface area contributed by atoms with Crippen LogP contribution in [0, 0.1) is 5.92 Å². The van der Waals surface area contributed by atoms with Crippen LogP contribution in [-0.2, 0) is 22.4 Å². The van der Waals surface area contributed by atoms with Gasteiger partial charge in [-0.3, -0.25) is 15.1 Å². The van der Waals surface area contributed by atoms with E-state index in [1.54, 1.807) is 13.8 Å². The van der Waals surface area contributed by atoms with Crippen LogP contribution in [0.2, 0.25) is 0 Å². The highest BCUT2D eigenvalue weighted by Crippen LogP contribution is 2.32. The van der Waals surface area contributed by atoms with Crippen LogP contribution in [0.1, 0.15) is 55.7 Å². The van der Waals surface area contributed by atoms with Crippen LogP contribution >= 0.6 is 0 Å². The van der Waals surface area contributed by atoms with Crippen molar-refractivity contribution in [2.75, 3.05) is 0 Å². The first-order valence-electron chi connectivity index (χ1n) is 9.99. The van der Waals surface area contributed by atoms with E-state index in [0.717, 1.165) is 41.4 Å². The number of pyridine rings is 1. The summed E-state index contributed by atoms with van der Waals surface area (Å²) in [5.74, 6) is -0.796. The third-order valence-corrected chi connectivity index (χ3v) is 5.02. The number of esters is 1. The number of imide groups is 1. The molecular weight excluding hydrogens is 370 g/mol. The van der Waals surface area contributed by atoms with Gasteiger partial charge in [-0.25, -0.2) is 9.59 Å². The molecule has 0 saturated heterocycles. The van der Waals surface area contributed by atoms with Crippen molar-refractivity contribution in [2.24, 2.45) is 5.92 Å². The third kappa shape index (κ3) is 4.72. The minimum Gasteiger partial charge on any atom is -0.449 e. The maximum absolute atomic E-state index is 13.1. The fourth-order valence-electron chi connectivity index (χ4n) is 3.58. The van der Waals surface area contributed by atoms with Crippen LogP contribution in [0.25, 0.3) is 10.9 Å². The summed E-state index contributed by atoms with van der Waals surface area (Å²) in [6, 6.07) is 6.72. The van der Waals surface area contributed by atoms with Gasteiger partial charge in [-0.15, -0.1) is 0 Å². The standard InChI is InChI=1S/C22H27N3O4/c1-12(2)23-22(28)25-20(26)14(4)29-21(27)19-15-7-5-6-8-17(15)24-18-10-9-13(3)11-16(18)19/h5-8,12-14H,9-11H2,1-4H3,(H2,23,25,26,28)/t13-,14+/m0/s1. The van der Waals surface area contributed by atoms with Crippen molar-refractivity contribution in [1.29, 1.82) is 0 Å². The van der Waals surface area contributed by atoms with E-state index in [2.05, 4.69) is 17.6 Å². The van der Waals surface area contributed by atoms with Crippen LogP contribution in [0.15, 0.2) is 24.3 Å². The van der Waals surface area contributed by atoms with Gasteiger partial charge >= 0.3 is 12.0 Å². The lowest BCUT2D eigenvalue weighted by Crippen LogP contribution is -2.46. The summed E-state index contributed by atoms with van der Waals surface area (Å²) in [4.78, 5) is 41.8. The number of carbonyl (C=O) groups excluding carboxylic acids is 3. The Morgan fingerprint density at radius 2 is 1.90 bits per heavy atom. The maximum Gasteiger partial charge on any atom is 0.339 e. The van der Waals surface area contributed by atoms with Crippen LogP contribution in [0.5, 0.6) is 0 Å². The Kier molecular flexibility index (Phi) is 6.15. The topological polar surface area (TPSA) is 97.4 Å². The van der Waals surface area contributed by atoms with Crippen molar-refractivity contribution in [1.82, 2.24) is 15.6 Å². The van der Waals surface area contributed by atoms with Crippen LogP contribution < -0.4 is 10.6 Å². The van der Waals surface area contributed by atoms with E-state index in [1.165, 1.54) is 6.92 Å². The van der Waals surface area contributed by atoms with Gasteiger partial charge in [0.15, 0.2) is 6.10 Å². The molecule has 7 nitrogen and oxygen atoms in total. The van der Waals surface area contributed by atoms with Crippen molar-refractivity contribution >= 4 is 28.8 Å². The van der Waals surface area contributed by atoms with E-state index in [9.17, 15) is 14.4 Å². The predicted octanol–water partition coefficient (Wildman–Crippen LogP) is 3.14. The molecule has 0 aliphatic heterocycles. The van der Waals surface area contributed by atoms with Crippen LogP contribution in [0.3, 0.4) is 0 Å². The first-order valence-corrected chi connectivity index (χ1v) is 9.99. The minimum atomic E-state index is -1.11. The van der Waals surface area contributed by atoms with Crippen molar-refractivity contribution in [3.8, 4) is 0 Å². The SMILES string of the molecule is CC(C)NC(=O)NC(=O)[C@@H](C)OC(=O)c1c2c(nc3ccccc13)CC[C@H](C)C2. The van der Waals surface area contributed by atoms with Crippen molar-refractivity contribution in [3.05, 3.63) is 41.1 Å². The number of hydrogen-bond acceptors (Lipinski definition) is 5. The molecule has 0 unspecified atom stereocenters. The van der Waals surface area contributed by atoms with Crippen LogP contribution in [0.4, 0.5) is 4.79 Å². The molecule has 7 heteroatoms.